The predicted octanol–water partition coefficient (Wildman–Crippen LogP) is 2.68. The van der Waals surface area contributed by atoms with Gasteiger partial charge in [0, 0.05) is 6.20 Å². The van der Waals surface area contributed by atoms with E-state index in [0.29, 0.717) is 11.5 Å². The van der Waals surface area contributed by atoms with E-state index in [2.05, 4.69) is 31.3 Å². The third-order valence-electron chi connectivity index (χ3n) is 2.31. The van der Waals surface area contributed by atoms with Crippen molar-refractivity contribution >= 4 is 27.7 Å². The number of anilines is 1. The largest absolute Gasteiger partial charge is 0.465 e. The van der Waals surface area contributed by atoms with Crippen LogP contribution in [0.3, 0.4) is 0 Å². The number of nitrogens with one attached hydrogen (secondary N) is 1. The standard InChI is InChI=1S/C11H11BrN4O2/c1-2-9-8(12)6-16(15-9)10-4-3-7(5-13-10)14-11(17)18/h3-6,14H,2H2,1H3,(H,17,18). The highest BCUT2D eigenvalue weighted by molar-refractivity contribution is 9.10. The van der Waals surface area contributed by atoms with Crippen LogP contribution in [0.4, 0.5) is 10.5 Å². The fraction of sp³-hybridized carbons (Fsp3) is 0.182. The molecule has 0 saturated heterocycles. The van der Waals surface area contributed by atoms with Gasteiger partial charge in [-0.1, -0.05) is 6.92 Å². The number of halogens is 1. The van der Waals surface area contributed by atoms with E-state index in [1.807, 2.05) is 13.1 Å². The van der Waals surface area contributed by atoms with E-state index >= 15 is 0 Å². The Morgan fingerprint density at radius 3 is 2.83 bits per heavy atom. The van der Waals surface area contributed by atoms with Gasteiger partial charge < -0.3 is 5.11 Å². The molecule has 2 heterocycles. The maximum absolute atomic E-state index is 10.4. The van der Waals surface area contributed by atoms with Gasteiger partial charge in [-0.25, -0.2) is 14.5 Å². The molecule has 0 atom stereocenters. The van der Waals surface area contributed by atoms with Crippen molar-refractivity contribution < 1.29 is 9.90 Å². The molecule has 0 bridgehead atoms. The molecule has 18 heavy (non-hydrogen) atoms. The Balaban J connectivity index is 2.25. The Kier molecular flexibility index (Phi) is 3.61. The van der Waals surface area contributed by atoms with Crippen LogP contribution in [0, 0.1) is 0 Å². The number of nitrogens with zero attached hydrogens (tertiary/aromatic N) is 3. The first kappa shape index (κ1) is 12.6. The number of hydrogen-bond donors (Lipinski definition) is 2. The van der Waals surface area contributed by atoms with Crippen molar-refractivity contribution in [3.05, 3.63) is 34.7 Å². The van der Waals surface area contributed by atoms with Crippen molar-refractivity contribution in [3.63, 3.8) is 0 Å². The second kappa shape index (κ2) is 5.18. The van der Waals surface area contributed by atoms with E-state index in [1.54, 1.807) is 16.8 Å². The van der Waals surface area contributed by atoms with Gasteiger partial charge in [-0.05, 0) is 34.5 Å². The number of aromatic nitrogens is 3. The Bertz CT molecular complexity index is 565. The molecule has 0 aromatic carbocycles. The van der Waals surface area contributed by atoms with Crippen molar-refractivity contribution in [2.75, 3.05) is 5.32 Å². The van der Waals surface area contributed by atoms with Crippen LogP contribution in [-0.2, 0) is 6.42 Å². The molecule has 0 unspecified atom stereocenters. The summed E-state index contributed by atoms with van der Waals surface area (Å²) in [4.78, 5) is 14.6. The van der Waals surface area contributed by atoms with Crippen LogP contribution in [0.25, 0.3) is 5.82 Å². The molecule has 2 aromatic heterocycles. The summed E-state index contributed by atoms with van der Waals surface area (Å²) >= 11 is 3.42. The molecule has 94 valence electrons. The molecule has 2 aromatic rings. The van der Waals surface area contributed by atoms with Crippen LogP contribution in [0.15, 0.2) is 29.0 Å². The average Bonchev–Trinajstić information content (AvgIpc) is 2.71. The van der Waals surface area contributed by atoms with Crippen molar-refractivity contribution in [1.29, 1.82) is 0 Å². The lowest BCUT2D eigenvalue weighted by Crippen LogP contribution is -2.08. The lowest BCUT2D eigenvalue weighted by atomic mass is 10.3. The summed E-state index contributed by atoms with van der Waals surface area (Å²) in [6.07, 6.45) is 2.99. The second-order valence-electron chi connectivity index (χ2n) is 3.56. The molecular weight excluding hydrogens is 300 g/mol. The van der Waals surface area contributed by atoms with Crippen LogP contribution >= 0.6 is 15.9 Å². The van der Waals surface area contributed by atoms with Gasteiger partial charge in [0.25, 0.3) is 0 Å². The van der Waals surface area contributed by atoms with Gasteiger partial charge in [0.2, 0.25) is 0 Å². The normalized spacial score (nSPS) is 10.3. The first-order valence-corrected chi connectivity index (χ1v) is 6.10. The molecule has 1 amide bonds. The van der Waals surface area contributed by atoms with Crippen LogP contribution < -0.4 is 5.32 Å². The zero-order chi connectivity index (χ0) is 13.1. The molecule has 0 spiro atoms. The summed E-state index contributed by atoms with van der Waals surface area (Å²) in [7, 11) is 0. The summed E-state index contributed by atoms with van der Waals surface area (Å²) in [5.74, 6) is 0.631. The summed E-state index contributed by atoms with van der Waals surface area (Å²) in [6.45, 7) is 2.02. The van der Waals surface area contributed by atoms with Gasteiger partial charge in [-0.3, -0.25) is 5.32 Å². The molecule has 2 rings (SSSR count). The van der Waals surface area contributed by atoms with Gasteiger partial charge in [0.1, 0.15) is 0 Å². The van der Waals surface area contributed by atoms with Crippen molar-refractivity contribution in [1.82, 2.24) is 14.8 Å². The number of carboxylic acid groups (broad SMARTS) is 1. The summed E-state index contributed by atoms with van der Waals surface area (Å²) in [6, 6.07) is 3.34. The number of hydrogen-bond acceptors (Lipinski definition) is 3. The van der Waals surface area contributed by atoms with E-state index < -0.39 is 6.09 Å². The van der Waals surface area contributed by atoms with Crippen LogP contribution in [0.5, 0.6) is 0 Å². The molecule has 0 aliphatic carbocycles. The number of carbonyl (C=O) groups is 1. The second-order valence-corrected chi connectivity index (χ2v) is 4.41. The molecule has 7 heteroatoms. The van der Waals surface area contributed by atoms with Gasteiger partial charge >= 0.3 is 6.09 Å². The highest BCUT2D eigenvalue weighted by Crippen LogP contribution is 2.18. The highest BCUT2D eigenvalue weighted by Gasteiger charge is 2.07. The Morgan fingerprint density at radius 2 is 2.33 bits per heavy atom. The summed E-state index contributed by atoms with van der Waals surface area (Å²) in [5.41, 5.74) is 1.37. The Morgan fingerprint density at radius 1 is 1.56 bits per heavy atom. The minimum absolute atomic E-state index is 0.424. The van der Waals surface area contributed by atoms with E-state index in [9.17, 15) is 4.79 Å². The molecule has 0 radical (unpaired) electrons. The van der Waals surface area contributed by atoms with E-state index in [4.69, 9.17) is 5.11 Å². The van der Waals surface area contributed by atoms with Gasteiger partial charge in [-0.15, -0.1) is 0 Å². The lowest BCUT2D eigenvalue weighted by Gasteiger charge is -2.02. The highest BCUT2D eigenvalue weighted by atomic mass is 79.9. The van der Waals surface area contributed by atoms with Gasteiger partial charge in [0.15, 0.2) is 5.82 Å². The minimum atomic E-state index is -1.11. The third kappa shape index (κ3) is 2.67. The number of amides is 1. The van der Waals surface area contributed by atoms with Crippen LogP contribution in [0.1, 0.15) is 12.6 Å². The number of rotatable bonds is 3. The van der Waals surface area contributed by atoms with E-state index in [1.165, 1.54) is 6.20 Å². The van der Waals surface area contributed by atoms with E-state index in [0.717, 1.165) is 16.6 Å². The average molecular weight is 311 g/mol. The molecule has 0 saturated carbocycles. The first-order valence-electron chi connectivity index (χ1n) is 5.30. The molecule has 6 nitrogen and oxygen atoms in total. The third-order valence-corrected chi connectivity index (χ3v) is 2.97. The first-order chi connectivity index (χ1) is 8.60. The maximum Gasteiger partial charge on any atom is 0.409 e. The fourth-order valence-electron chi connectivity index (χ4n) is 1.46. The monoisotopic (exact) mass is 310 g/mol. The predicted molar refractivity (Wildman–Crippen MR) is 70.1 cm³/mol. The topological polar surface area (TPSA) is 80.0 Å². The molecule has 0 aliphatic heterocycles. The van der Waals surface area contributed by atoms with Crippen molar-refractivity contribution in [2.24, 2.45) is 0 Å². The van der Waals surface area contributed by atoms with Crippen molar-refractivity contribution in [3.8, 4) is 5.82 Å². The quantitative estimate of drug-likeness (QED) is 0.913. The number of aryl methyl sites for hydroxylation is 1. The molecule has 0 fully saturated rings. The minimum Gasteiger partial charge on any atom is -0.465 e. The lowest BCUT2D eigenvalue weighted by molar-refractivity contribution is 0.209. The molecule has 2 N–H and O–H groups in total. The Hall–Kier alpha value is -1.89. The molecule has 0 aliphatic rings. The van der Waals surface area contributed by atoms with Gasteiger partial charge in [0.05, 0.1) is 22.1 Å². The number of pyridine rings is 1. The van der Waals surface area contributed by atoms with Gasteiger partial charge in [-0.2, -0.15) is 5.10 Å². The van der Waals surface area contributed by atoms with Crippen LogP contribution in [-0.4, -0.2) is 26.0 Å². The SMILES string of the molecule is CCc1nn(-c2ccc(NC(=O)O)cn2)cc1Br. The zero-order valence-electron chi connectivity index (χ0n) is 9.59. The summed E-state index contributed by atoms with van der Waals surface area (Å²) in [5, 5.41) is 15.1. The zero-order valence-corrected chi connectivity index (χ0v) is 11.2. The fourth-order valence-corrected chi connectivity index (χ4v) is 2.02. The Labute approximate surface area is 112 Å². The maximum atomic E-state index is 10.4. The molecular formula is C11H11BrN4O2. The summed E-state index contributed by atoms with van der Waals surface area (Å²) < 4.78 is 2.58. The van der Waals surface area contributed by atoms with E-state index in [-0.39, 0.29) is 0 Å². The smallest absolute Gasteiger partial charge is 0.409 e. The van der Waals surface area contributed by atoms with Crippen LogP contribution in [0.2, 0.25) is 0 Å². The van der Waals surface area contributed by atoms with Crippen molar-refractivity contribution in [2.45, 2.75) is 13.3 Å².